The van der Waals surface area contributed by atoms with Crippen LogP contribution >= 0.6 is 0 Å². The van der Waals surface area contributed by atoms with Gasteiger partial charge in [-0.1, -0.05) is 19.4 Å². The molecule has 0 heterocycles. The summed E-state index contributed by atoms with van der Waals surface area (Å²) in [5, 5.41) is 0. The van der Waals surface area contributed by atoms with Gasteiger partial charge in [-0.3, -0.25) is 11.3 Å². The van der Waals surface area contributed by atoms with Gasteiger partial charge >= 0.3 is 0 Å². The molecule has 0 bridgehead atoms. The molecule has 3 heteroatoms. The van der Waals surface area contributed by atoms with Gasteiger partial charge in [-0.2, -0.15) is 0 Å². The summed E-state index contributed by atoms with van der Waals surface area (Å²) in [7, 11) is 1.72. The fourth-order valence-corrected chi connectivity index (χ4v) is 1.27. The number of rotatable bonds is 7. The van der Waals surface area contributed by atoms with Crippen molar-refractivity contribution in [3.05, 3.63) is 12.7 Å². The average molecular weight is 172 g/mol. The van der Waals surface area contributed by atoms with Gasteiger partial charge in [-0.05, 0) is 12.8 Å². The standard InChI is InChI=1S/C9H20N2O/c1-4-6-8(11-10)9(12-3)7-5-2/h4,8-9,11H,1,5-7,10H2,2-3H3. The quantitative estimate of drug-likeness (QED) is 0.345. The first-order valence-electron chi connectivity index (χ1n) is 4.39. The molecule has 0 aromatic rings. The lowest BCUT2D eigenvalue weighted by Gasteiger charge is -2.23. The van der Waals surface area contributed by atoms with Crippen LogP contribution in [0.25, 0.3) is 0 Å². The average Bonchev–Trinajstić information content (AvgIpc) is 2.11. The van der Waals surface area contributed by atoms with E-state index in [0.717, 1.165) is 19.3 Å². The molecule has 2 unspecified atom stereocenters. The molecule has 0 saturated heterocycles. The van der Waals surface area contributed by atoms with Crippen LogP contribution in [0.3, 0.4) is 0 Å². The molecule has 72 valence electrons. The Morgan fingerprint density at radius 3 is 2.67 bits per heavy atom. The highest BCUT2D eigenvalue weighted by atomic mass is 16.5. The second kappa shape index (κ2) is 7.28. The Morgan fingerprint density at radius 1 is 1.67 bits per heavy atom. The minimum Gasteiger partial charge on any atom is -0.380 e. The predicted molar refractivity (Wildman–Crippen MR) is 51.6 cm³/mol. The minimum atomic E-state index is 0.187. The van der Waals surface area contributed by atoms with Crippen LogP contribution in [-0.4, -0.2) is 19.3 Å². The van der Waals surface area contributed by atoms with Crippen LogP contribution in [0, 0.1) is 0 Å². The molecule has 0 aliphatic rings. The maximum atomic E-state index is 5.39. The Labute approximate surface area is 74.9 Å². The normalized spacial score (nSPS) is 15.6. The lowest BCUT2D eigenvalue weighted by atomic mass is 10.0. The van der Waals surface area contributed by atoms with Gasteiger partial charge in [0.2, 0.25) is 0 Å². The Kier molecular flexibility index (Phi) is 7.05. The van der Waals surface area contributed by atoms with Crippen molar-refractivity contribution in [3.63, 3.8) is 0 Å². The highest BCUT2D eigenvalue weighted by Crippen LogP contribution is 2.09. The van der Waals surface area contributed by atoms with Crippen molar-refractivity contribution in [3.8, 4) is 0 Å². The van der Waals surface area contributed by atoms with Crippen molar-refractivity contribution in [2.24, 2.45) is 5.84 Å². The number of nitrogens with two attached hydrogens (primary N) is 1. The molecular formula is C9H20N2O. The molecule has 0 fully saturated rings. The molecule has 2 atom stereocenters. The molecular weight excluding hydrogens is 152 g/mol. The zero-order valence-corrected chi connectivity index (χ0v) is 8.05. The van der Waals surface area contributed by atoms with Crippen LogP contribution in [-0.2, 0) is 4.74 Å². The van der Waals surface area contributed by atoms with Gasteiger partial charge in [0.15, 0.2) is 0 Å². The van der Waals surface area contributed by atoms with E-state index >= 15 is 0 Å². The first-order chi connectivity index (χ1) is 5.79. The number of hydrogen-bond donors (Lipinski definition) is 2. The summed E-state index contributed by atoms with van der Waals surface area (Å²) in [4.78, 5) is 0. The summed E-state index contributed by atoms with van der Waals surface area (Å²) < 4.78 is 5.31. The van der Waals surface area contributed by atoms with Gasteiger partial charge in [-0.15, -0.1) is 6.58 Å². The van der Waals surface area contributed by atoms with Crippen LogP contribution in [0.5, 0.6) is 0 Å². The first kappa shape index (κ1) is 11.6. The molecule has 0 aromatic carbocycles. The number of nitrogens with one attached hydrogen (secondary N) is 1. The van der Waals surface area contributed by atoms with E-state index in [0.29, 0.717) is 0 Å². The molecule has 0 radical (unpaired) electrons. The van der Waals surface area contributed by atoms with Crippen molar-refractivity contribution >= 4 is 0 Å². The fourth-order valence-electron chi connectivity index (χ4n) is 1.27. The number of ether oxygens (including phenoxy) is 1. The van der Waals surface area contributed by atoms with Crippen LogP contribution in [0.1, 0.15) is 26.2 Å². The summed E-state index contributed by atoms with van der Waals surface area (Å²) in [5.41, 5.74) is 2.74. The molecule has 12 heavy (non-hydrogen) atoms. The maximum absolute atomic E-state index is 5.39. The Bertz CT molecular complexity index is 117. The third kappa shape index (κ3) is 3.85. The molecule has 0 aliphatic carbocycles. The van der Waals surface area contributed by atoms with Gasteiger partial charge in [-0.25, -0.2) is 0 Å². The summed E-state index contributed by atoms with van der Waals surface area (Å²) in [5.74, 6) is 5.39. The second-order valence-corrected chi connectivity index (χ2v) is 2.86. The van der Waals surface area contributed by atoms with Crippen molar-refractivity contribution in [2.45, 2.75) is 38.3 Å². The summed E-state index contributed by atoms with van der Waals surface area (Å²) in [6.07, 6.45) is 5.02. The van der Waals surface area contributed by atoms with Gasteiger partial charge in [0, 0.05) is 7.11 Å². The highest BCUT2D eigenvalue weighted by Gasteiger charge is 2.17. The summed E-state index contributed by atoms with van der Waals surface area (Å²) in [6.45, 7) is 5.81. The molecule has 0 aliphatic heterocycles. The number of hydrogen-bond acceptors (Lipinski definition) is 3. The second-order valence-electron chi connectivity index (χ2n) is 2.86. The lowest BCUT2D eigenvalue weighted by Crippen LogP contribution is -2.44. The topological polar surface area (TPSA) is 47.3 Å². The summed E-state index contributed by atoms with van der Waals surface area (Å²) >= 11 is 0. The summed E-state index contributed by atoms with van der Waals surface area (Å²) in [6, 6.07) is 0.187. The van der Waals surface area contributed by atoms with Crippen molar-refractivity contribution in [1.29, 1.82) is 0 Å². The zero-order chi connectivity index (χ0) is 9.40. The van der Waals surface area contributed by atoms with E-state index < -0.39 is 0 Å². The highest BCUT2D eigenvalue weighted by molar-refractivity contribution is 4.82. The van der Waals surface area contributed by atoms with E-state index in [1.165, 1.54) is 0 Å². The molecule has 3 N–H and O–H groups in total. The predicted octanol–water partition coefficient (Wildman–Crippen LogP) is 1.21. The van der Waals surface area contributed by atoms with E-state index in [-0.39, 0.29) is 12.1 Å². The van der Waals surface area contributed by atoms with E-state index in [1.54, 1.807) is 7.11 Å². The molecule has 0 saturated carbocycles. The third-order valence-electron chi connectivity index (χ3n) is 1.96. The van der Waals surface area contributed by atoms with Crippen molar-refractivity contribution in [2.75, 3.05) is 7.11 Å². The van der Waals surface area contributed by atoms with E-state index in [9.17, 15) is 0 Å². The molecule has 0 aromatic heterocycles. The van der Waals surface area contributed by atoms with Crippen molar-refractivity contribution < 1.29 is 4.74 Å². The smallest absolute Gasteiger partial charge is 0.0740 e. The van der Waals surface area contributed by atoms with Gasteiger partial charge in [0.25, 0.3) is 0 Å². The molecule has 0 amide bonds. The van der Waals surface area contributed by atoms with Crippen LogP contribution in [0.2, 0.25) is 0 Å². The molecule has 0 spiro atoms. The Hall–Kier alpha value is -0.380. The largest absolute Gasteiger partial charge is 0.380 e. The van der Waals surface area contributed by atoms with E-state index in [1.807, 2.05) is 6.08 Å². The minimum absolute atomic E-state index is 0.187. The van der Waals surface area contributed by atoms with Gasteiger partial charge < -0.3 is 4.74 Å². The van der Waals surface area contributed by atoms with E-state index in [2.05, 4.69) is 18.9 Å². The molecule has 3 nitrogen and oxygen atoms in total. The SMILES string of the molecule is C=CCC(NN)C(CCC)OC. The number of hydrazine groups is 1. The molecule has 0 rings (SSSR count). The fraction of sp³-hybridized carbons (Fsp3) is 0.778. The van der Waals surface area contributed by atoms with E-state index in [4.69, 9.17) is 10.6 Å². The Morgan fingerprint density at radius 2 is 2.33 bits per heavy atom. The zero-order valence-electron chi connectivity index (χ0n) is 8.05. The number of methoxy groups -OCH3 is 1. The van der Waals surface area contributed by atoms with Crippen molar-refractivity contribution in [1.82, 2.24) is 5.43 Å². The maximum Gasteiger partial charge on any atom is 0.0740 e. The lowest BCUT2D eigenvalue weighted by molar-refractivity contribution is 0.0617. The van der Waals surface area contributed by atoms with Crippen LogP contribution in [0.15, 0.2) is 12.7 Å². The van der Waals surface area contributed by atoms with Gasteiger partial charge in [0.05, 0.1) is 12.1 Å². The van der Waals surface area contributed by atoms with Gasteiger partial charge in [0.1, 0.15) is 0 Å². The van der Waals surface area contributed by atoms with Crippen LogP contribution < -0.4 is 11.3 Å². The Balaban J connectivity index is 3.92. The monoisotopic (exact) mass is 172 g/mol. The first-order valence-corrected chi connectivity index (χ1v) is 4.39. The third-order valence-corrected chi connectivity index (χ3v) is 1.96. The van der Waals surface area contributed by atoms with Crippen LogP contribution in [0.4, 0.5) is 0 Å².